The van der Waals surface area contributed by atoms with Crippen LogP contribution in [0.25, 0.3) is 11.0 Å². The smallest absolute Gasteiger partial charge is 0.305 e. The SMILES string of the molecule is CS(=O)(=O)c1ccc2c(c1)[nH]c(=O)n2C1CCN(Cc2ccccc2Cl)CC1. The number of hydrogen-bond donors (Lipinski definition) is 1. The van der Waals surface area contributed by atoms with Gasteiger partial charge < -0.3 is 4.98 Å². The van der Waals surface area contributed by atoms with E-state index in [0.29, 0.717) is 5.52 Å². The summed E-state index contributed by atoms with van der Waals surface area (Å²) in [6, 6.07) is 12.8. The lowest BCUT2D eigenvalue weighted by atomic mass is 10.0. The number of hydrogen-bond acceptors (Lipinski definition) is 4. The molecule has 1 saturated heterocycles. The van der Waals surface area contributed by atoms with Gasteiger partial charge in [0.1, 0.15) is 0 Å². The van der Waals surface area contributed by atoms with Crippen LogP contribution in [-0.2, 0) is 16.4 Å². The maximum atomic E-state index is 12.5. The minimum absolute atomic E-state index is 0.0906. The molecular weight excluding hydrogens is 398 g/mol. The molecule has 4 rings (SSSR count). The van der Waals surface area contributed by atoms with Gasteiger partial charge in [0.05, 0.1) is 15.9 Å². The molecule has 28 heavy (non-hydrogen) atoms. The topological polar surface area (TPSA) is 75.2 Å². The van der Waals surface area contributed by atoms with Crippen molar-refractivity contribution in [1.82, 2.24) is 14.5 Å². The maximum absolute atomic E-state index is 12.5. The third-order valence-electron chi connectivity index (χ3n) is 5.39. The van der Waals surface area contributed by atoms with E-state index >= 15 is 0 Å². The maximum Gasteiger partial charge on any atom is 0.326 e. The van der Waals surface area contributed by atoms with Crippen molar-refractivity contribution >= 4 is 32.5 Å². The molecule has 1 N–H and O–H groups in total. The normalized spacial score (nSPS) is 16.6. The van der Waals surface area contributed by atoms with E-state index in [4.69, 9.17) is 11.6 Å². The molecule has 148 valence electrons. The Morgan fingerprint density at radius 1 is 1.14 bits per heavy atom. The van der Waals surface area contributed by atoms with Gasteiger partial charge >= 0.3 is 5.69 Å². The monoisotopic (exact) mass is 419 g/mol. The highest BCUT2D eigenvalue weighted by molar-refractivity contribution is 7.90. The first-order valence-electron chi connectivity index (χ1n) is 9.23. The van der Waals surface area contributed by atoms with Gasteiger partial charge in [-0.15, -0.1) is 0 Å². The Bertz CT molecular complexity index is 1170. The van der Waals surface area contributed by atoms with Crippen molar-refractivity contribution in [2.24, 2.45) is 0 Å². The molecule has 0 saturated carbocycles. The zero-order valence-electron chi connectivity index (χ0n) is 15.6. The van der Waals surface area contributed by atoms with Gasteiger partial charge in [-0.1, -0.05) is 29.8 Å². The highest BCUT2D eigenvalue weighted by Gasteiger charge is 2.24. The number of likely N-dealkylation sites (tertiary alicyclic amines) is 1. The zero-order chi connectivity index (χ0) is 19.9. The summed E-state index contributed by atoms with van der Waals surface area (Å²) in [7, 11) is -3.31. The number of nitrogens with zero attached hydrogens (tertiary/aromatic N) is 2. The van der Waals surface area contributed by atoms with Crippen molar-refractivity contribution in [3.8, 4) is 0 Å². The van der Waals surface area contributed by atoms with Crippen LogP contribution in [0.3, 0.4) is 0 Å². The Morgan fingerprint density at radius 2 is 1.86 bits per heavy atom. The highest BCUT2D eigenvalue weighted by atomic mass is 35.5. The minimum Gasteiger partial charge on any atom is -0.305 e. The average molecular weight is 420 g/mol. The molecule has 1 aromatic heterocycles. The number of H-pyrrole nitrogens is 1. The molecule has 0 radical (unpaired) electrons. The van der Waals surface area contributed by atoms with E-state index in [1.807, 2.05) is 24.3 Å². The number of rotatable bonds is 4. The van der Waals surface area contributed by atoms with Crippen LogP contribution in [0.1, 0.15) is 24.4 Å². The second-order valence-electron chi connectivity index (χ2n) is 7.35. The van der Waals surface area contributed by atoms with Crippen molar-refractivity contribution < 1.29 is 8.42 Å². The molecule has 1 aliphatic heterocycles. The standard InChI is InChI=1S/C20H22ClN3O3S/c1-28(26,27)16-6-7-19-18(12-16)22-20(25)24(19)15-8-10-23(11-9-15)13-14-4-2-3-5-17(14)21/h2-7,12,15H,8-11,13H2,1H3,(H,22,25). The number of imidazole rings is 1. The van der Waals surface area contributed by atoms with Crippen LogP contribution in [0.2, 0.25) is 5.02 Å². The number of benzene rings is 2. The van der Waals surface area contributed by atoms with Crippen LogP contribution >= 0.6 is 11.6 Å². The first-order chi connectivity index (χ1) is 13.3. The number of aromatic amines is 1. The molecule has 0 amide bonds. The van der Waals surface area contributed by atoms with E-state index in [1.165, 1.54) is 6.07 Å². The Labute approximate surface area is 168 Å². The van der Waals surface area contributed by atoms with E-state index in [0.717, 1.165) is 54.8 Å². The van der Waals surface area contributed by atoms with Gasteiger partial charge in [-0.05, 0) is 42.7 Å². The molecule has 0 aliphatic carbocycles. The fraction of sp³-hybridized carbons (Fsp3) is 0.350. The van der Waals surface area contributed by atoms with E-state index < -0.39 is 9.84 Å². The summed E-state index contributed by atoms with van der Waals surface area (Å²) >= 11 is 6.27. The van der Waals surface area contributed by atoms with Crippen molar-refractivity contribution in [2.45, 2.75) is 30.3 Å². The summed E-state index contributed by atoms with van der Waals surface area (Å²) < 4.78 is 25.3. The number of piperidine rings is 1. The van der Waals surface area contributed by atoms with Crippen LogP contribution in [0, 0.1) is 0 Å². The quantitative estimate of drug-likeness (QED) is 0.704. The largest absolute Gasteiger partial charge is 0.326 e. The van der Waals surface area contributed by atoms with Gasteiger partial charge in [-0.3, -0.25) is 9.47 Å². The predicted molar refractivity (Wildman–Crippen MR) is 111 cm³/mol. The Hall–Kier alpha value is -2.09. The van der Waals surface area contributed by atoms with Crippen molar-refractivity contribution in [3.05, 3.63) is 63.5 Å². The first kappa shape index (κ1) is 19.2. The minimum atomic E-state index is -3.31. The van der Waals surface area contributed by atoms with Crippen molar-refractivity contribution in [3.63, 3.8) is 0 Å². The lowest BCUT2D eigenvalue weighted by Crippen LogP contribution is -2.36. The molecule has 3 aromatic rings. The Balaban J connectivity index is 1.53. The third-order valence-corrected chi connectivity index (χ3v) is 6.87. The summed E-state index contributed by atoms with van der Waals surface area (Å²) in [6.07, 6.45) is 2.87. The van der Waals surface area contributed by atoms with E-state index in [9.17, 15) is 13.2 Å². The lowest BCUT2D eigenvalue weighted by Gasteiger charge is -2.32. The van der Waals surface area contributed by atoms with Crippen molar-refractivity contribution in [1.29, 1.82) is 0 Å². The number of sulfone groups is 1. The lowest BCUT2D eigenvalue weighted by molar-refractivity contribution is 0.180. The van der Waals surface area contributed by atoms with E-state index in [2.05, 4.69) is 9.88 Å². The number of halogens is 1. The molecule has 0 atom stereocenters. The predicted octanol–water partition coefficient (Wildman–Crippen LogP) is 3.22. The fourth-order valence-electron chi connectivity index (χ4n) is 3.91. The molecule has 1 fully saturated rings. The Kier molecular flexibility index (Phi) is 5.07. The van der Waals surface area contributed by atoms with Crippen molar-refractivity contribution in [2.75, 3.05) is 19.3 Å². The van der Waals surface area contributed by atoms with Crippen LogP contribution in [0.4, 0.5) is 0 Å². The zero-order valence-corrected chi connectivity index (χ0v) is 17.1. The third kappa shape index (κ3) is 3.74. The van der Waals surface area contributed by atoms with Crippen LogP contribution in [0.5, 0.6) is 0 Å². The van der Waals surface area contributed by atoms with Crippen LogP contribution in [-0.4, -0.2) is 42.2 Å². The Morgan fingerprint density at radius 3 is 2.54 bits per heavy atom. The number of fused-ring (bicyclic) bond motifs is 1. The second-order valence-corrected chi connectivity index (χ2v) is 9.77. The number of aromatic nitrogens is 2. The van der Waals surface area contributed by atoms with Gasteiger partial charge in [0.15, 0.2) is 9.84 Å². The molecule has 0 spiro atoms. The average Bonchev–Trinajstić information content (AvgIpc) is 2.98. The molecule has 0 bridgehead atoms. The van der Waals surface area contributed by atoms with Gasteiger partial charge in [-0.25, -0.2) is 13.2 Å². The summed E-state index contributed by atoms with van der Waals surface area (Å²) in [5.41, 5.74) is 2.23. The molecule has 2 heterocycles. The molecule has 1 aliphatic rings. The van der Waals surface area contributed by atoms with Crippen LogP contribution < -0.4 is 5.69 Å². The van der Waals surface area contributed by atoms with Gasteiger partial charge in [0.2, 0.25) is 0 Å². The molecule has 2 aromatic carbocycles. The molecule has 8 heteroatoms. The second kappa shape index (κ2) is 7.39. The molecule has 6 nitrogen and oxygen atoms in total. The van der Waals surface area contributed by atoms with Crippen LogP contribution in [0.15, 0.2) is 52.2 Å². The fourth-order valence-corrected chi connectivity index (χ4v) is 4.75. The van der Waals surface area contributed by atoms with E-state index in [1.54, 1.807) is 16.7 Å². The summed E-state index contributed by atoms with van der Waals surface area (Å²) in [5.74, 6) is 0. The summed E-state index contributed by atoms with van der Waals surface area (Å²) in [4.78, 5) is 17.9. The summed E-state index contributed by atoms with van der Waals surface area (Å²) in [5, 5.41) is 0.777. The first-order valence-corrected chi connectivity index (χ1v) is 11.5. The molecular formula is C20H22ClN3O3S. The van der Waals surface area contributed by atoms with Gasteiger partial charge in [-0.2, -0.15) is 0 Å². The number of nitrogens with one attached hydrogen (secondary N) is 1. The van der Waals surface area contributed by atoms with Gasteiger partial charge in [0, 0.05) is 37.0 Å². The molecule has 0 unspecified atom stereocenters. The van der Waals surface area contributed by atoms with E-state index in [-0.39, 0.29) is 16.6 Å². The highest BCUT2D eigenvalue weighted by Crippen LogP contribution is 2.27. The van der Waals surface area contributed by atoms with Gasteiger partial charge in [0.25, 0.3) is 0 Å². The summed E-state index contributed by atoms with van der Waals surface area (Å²) in [6.45, 7) is 2.54.